The van der Waals surface area contributed by atoms with Crippen LogP contribution < -0.4 is 10.2 Å². The minimum atomic E-state index is -0.307. The molecular weight excluding hydrogens is 254 g/mol. The monoisotopic (exact) mass is 277 g/mol. The van der Waals surface area contributed by atoms with Crippen molar-refractivity contribution in [2.75, 3.05) is 29.9 Å². The summed E-state index contributed by atoms with van der Waals surface area (Å²) in [4.78, 5) is 13.1. The highest BCUT2D eigenvalue weighted by atomic mass is 16.6. The van der Waals surface area contributed by atoms with Crippen LogP contribution in [0.3, 0.4) is 0 Å². The van der Waals surface area contributed by atoms with Crippen molar-refractivity contribution in [3.63, 3.8) is 0 Å². The molecule has 0 spiro atoms. The van der Waals surface area contributed by atoms with Crippen molar-refractivity contribution in [3.05, 3.63) is 28.3 Å². The van der Waals surface area contributed by atoms with Gasteiger partial charge in [0.15, 0.2) is 0 Å². The molecule has 1 N–H and O–H groups in total. The Morgan fingerprint density at radius 3 is 2.50 bits per heavy atom. The summed E-state index contributed by atoms with van der Waals surface area (Å²) < 4.78 is 0. The number of anilines is 2. The van der Waals surface area contributed by atoms with E-state index >= 15 is 0 Å². The lowest BCUT2D eigenvalue weighted by molar-refractivity contribution is -0.384. The summed E-state index contributed by atoms with van der Waals surface area (Å²) in [5.41, 5.74) is 1.99. The Bertz CT molecular complexity index is 454. The number of nitrogens with zero attached hydrogens (tertiary/aromatic N) is 2. The number of nitro benzene ring substituents is 1. The summed E-state index contributed by atoms with van der Waals surface area (Å²) in [6, 6.07) is 5.35. The molecule has 0 amide bonds. The summed E-state index contributed by atoms with van der Waals surface area (Å²) in [5.74, 6) is 0. The molecule has 1 saturated heterocycles. The number of hydrogen-bond acceptors (Lipinski definition) is 4. The Morgan fingerprint density at radius 1 is 1.20 bits per heavy atom. The Hall–Kier alpha value is -1.78. The van der Waals surface area contributed by atoms with Crippen LogP contribution in [-0.4, -0.2) is 24.6 Å². The number of rotatable bonds is 5. The van der Waals surface area contributed by atoms with E-state index in [2.05, 4.69) is 17.1 Å². The fraction of sp³-hybridized carbons (Fsp3) is 0.600. The van der Waals surface area contributed by atoms with Gasteiger partial charge in [-0.3, -0.25) is 10.1 Å². The van der Waals surface area contributed by atoms with E-state index in [-0.39, 0.29) is 10.6 Å². The van der Waals surface area contributed by atoms with Crippen LogP contribution in [0.5, 0.6) is 0 Å². The molecule has 0 atom stereocenters. The molecule has 1 aliphatic heterocycles. The van der Waals surface area contributed by atoms with Gasteiger partial charge < -0.3 is 10.2 Å². The van der Waals surface area contributed by atoms with Crippen LogP contribution in [0.1, 0.15) is 39.0 Å². The lowest BCUT2D eigenvalue weighted by Crippen LogP contribution is -2.24. The smallest absolute Gasteiger partial charge is 0.273 e. The topological polar surface area (TPSA) is 58.4 Å². The van der Waals surface area contributed by atoms with Gasteiger partial charge in [-0.2, -0.15) is 0 Å². The molecular formula is C15H23N3O2. The molecule has 110 valence electrons. The lowest BCUT2D eigenvalue weighted by atomic mass is 10.2. The van der Waals surface area contributed by atoms with Crippen LogP contribution in [0.15, 0.2) is 18.2 Å². The number of hydrogen-bond donors (Lipinski definition) is 1. The van der Waals surface area contributed by atoms with E-state index in [9.17, 15) is 10.1 Å². The van der Waals surface area contributed by atoms with E-state index in [1.807, 2.05) is 6.07 Å². The number of nitrogens with one attached hydrogen (secondary N) is 1. The Kier molecular flexibility index (Phi) is 5.21. The highest BCUT2D eigenvalue weighted by Gasteiger charge is 2.15. The highest BCUT2D eigenvalue weighted by Crippen LogP contribution is 2.28. The summed E-state index contributed by atoms with van der Waals surface area (Å²) in [6.45, 7) is 4.91. The van der Waals surface area contributed by atoms with E-state index < -0.39 is 0 Å². The second kappa shape index (κ2) is 7.12. The Morgan fingerprint density at radius 2 is 1.90 bits per heavy atom. The maximum atomic E-state index is 11.1. The molecule has 1 fully saturated rings. The van der Waals surface area contributed by atoms with Crippen LogP contribution in [0, 0.1) is 10.1 Å². The van der Waals surface area contributed by atoms with Crippen molar-refractivity contribution in [2.24, 2.45) is 0 Å². The zero-order valence-corrected chi connectivity index (χ0v) is 12.1. The standard InChI is InChI=1S/C15H23N3O2/c1-2-7-16-13-10-14(12-15(11-13)18(19)20)17-8-5-3-4-6-9-17/h10-12,16H,2-9H2,1H3. The molecule has 1 aromatic rings. The third-order valence-corrected chi connectivity index (χ3v) is 3.66. The fourth-order valence-electron chi connectivity index (χ4n) is 2.58. The molecule has 1 aliphatic rings. The average molecular weight is 277 g/mol. The molecule has 5 nitrogen and oxygen atoms in total. The molecule has 1 aromatic carbocycles. The third-order valence-electron chi connectivity index (χ3n) is 3.66. The number of non-ortho nitro benzene ring substituents is 1. The van der Waals surface area contributed by atoms with Crippen molar-refractivity contribution in [2.45, 2.75) is 39.0 Å². The highest BCUT2D eigenvalue weighted by molar-refractivity contribution is 5.64. The van der Waals surface area contributed by atoms with E-state index in [4.69, 9.17) is 0 Å². The van der Waals surface area contributed by atoms with Crippen LogP contribution >= 0.6 is 0 Å². The van der Waals surface area contributed by atoms with Crippen LogP contribution in [0.2, 0.25) is 0 Å². The molecule has 0 unspecified atom stereocenters. The molecule has 1 heterocycles. The van der Waals surface area contributed by atoms with Crippen molar-refractivity contribution >= 4 is 17.1 Å². The predicted octanol–water partition coefficient (Wildman–Crippen LogP) is 3.80. The van der Waals surface area contributed by atoms with Crippen molar-refractivity contribution in [1.82, 2.24) is 0 Å². The number of nitro groups is 1. The normalized spacial score (nSPS) is 15.8. The van der Waals surface area contributed by atoms with Crippen LogP contribution in [-0.2, 0) is 0 Å². The second-order valence-electron chi connectivity index (χ2n) is 5.32. The fourth-order valence-corrected chi connectivity index (χ4v) is 2.58. The van der Waals surface area contributed by atoms with Gasteiger partial charge in [0, 0.05) is 43.1 Å². The molecule has 0 aromatic heterocycles. The lowest BCUT2D eigenvalue weighted by Gasteiger charge is -2.23. The van der Waals surface area contributed by atoms with Gasteiger partial charge in [-0.25, -0.2) is 0 Å². The second-order valence-corrected chi connectivity index (χ2v) is 5.32. The average Bonchev–Trinajstić information content (AvgIpc) is 2.73. The van der Waals surface area contributed by atoms with Gasteiger partial charge in [0.25, 0.3) is 5.69 Å². The molecule has 0 radical (unpaired) electrons. The van der Waals surface area contributed by atoms with Gasteiger partial charge in [0.05, 0.1) is 4.92 Å². The van der Waals surface area contributed by atoms with Gasteiger partial charge in [-0.1, -0.05) is 19.8 Å². The van der Waals surface area contributed by atoms with Crippen LogP contribution in [0.4, 0.5) is 17.1 Å². The first-order chi connectivity index (χ1) is 9.70. The van der Waals surface area contributed by atoms with Gasteiger partial charge in [-0.05, 0) is 25.3 Å². The summed E-state index contributed by atoms with van der Waals surface area (Å²) in [6.07, 6.45) is 5.85. The maximum Gasteiger partial charge on any atom is 0.273 e. The summed E-state index contributed by atoms with van der Waals surface area (Å²) in [5, 5.41) is 14.3. The SMILES string of the molecule is CCCNc1cc(N2CCCCCC2)cc([N+](=O)[O-])c1. The van der Waals surface area contributed by atoms with Crippen molar-refractivity contribution in [1.29, 1.82) is 0 Å². The Labute approximate surface area is 120 Å². The first-order valence-electron chi connectivity index (χ1n) is 7.49. The van der Waals surface area contributed by atoms with Crippen molar-refractivity contribution < 1.29 is 4.92 Å². The zero-order valence-electron chi connectivity index (χ0n) is 12.1. The van der Waals surface area contributed by atoms with E-state index in [1.54, 1.807) is 12.1 Å². The Balaban J connectivity index is 2.25. The van der Waals surface area contributed by atoms with Gasteiger partial charge in [0.1, 0.15) is 0 Å². The number of benzene rings is 1. The molecule has 20 heavy (non-hydrogen) atoms. The molecule has 0 saturated carbocycles. The molecule has 5 heteroatoms. The first kappa shape index (κ1) is 14.6. The van der Waals surface area contributed by atoms with Gasteiger partial charge in [-0.15, -0.1) is 0 Å². The predicted molar refractivity (Wildman–Crippen MR) is 82.6 cm³/mol. The van der Waals surface area contributed by atoms with E-state index in [0.29, 0.717) is 0 Å². The van der Waals surface area contributed by atoms with Crippen LogP contribution in [0.25, 0.3) is 0 Å². The largest absolute Gasteiger partial charge is 0.385 e. The van der Waals surface area contributed by atoms with Crippen molar-refractivity contribution in [3.8, 4) is 0 Å². The minimum absolute atomic E-state index is 0.172. The molecule has 2 rings (SSSR count). The summed E-state index contributed by atoms with van der Waals surface area (Å²) >= 11 is 0. The van der Waals surface area contributed by atoms with Gasteiger partial charge >= 0.3 is 0 Å². The van der Waals surface area contributed by atoms with E-state index in [0.717, 1.165) is 37.4 Å². The first-order valence-corrected chi connectivity index (χ1v) is 7.49. The maximum absolute atomic E-state index is 11.1. The third kappa shape index (κ3) is 3.85. The summed E-state index contributed by atoms with van der Waals surface area (Å²) in [7, 11) is 0. The molecule has 0 bridgehead atoms. The zero-order chi connectivity index (χ0) is 14.4. The van der Waals surface area contributed by atoms with E-state index in [1.165, 1.54) is 25.7 Å². The molecule has 0 aliphatic carbocycles. The van der Waals surface area contributed by atoms with Gasteiger partial charge in [0.2, 0.25) is 0 Å². The quantitative estimate of drug-likeness (QED) is 0.657. The minimum Gasteiger partial charge on any atom is -0.385 e.